The van der Waals surface area contributed by atoms with Crippen LogP contribution < -0.4 is 4.74 Å². The van der Waals surface area contributed by atoms with Crippen LogP contribution in [0, 0.1) is 0 Å². The van der Waals surface area contributed by atoms with E-state index in [9.17, 15) is 8.42 Å². The third kappa shape index (κ3) is 3.83. The Kier molecular flexibility index (Phi) is 4.86. The summed E-state index contributed by atoms with van der Waals surface area (Å²) in [6.07, 6.45) is 0. The molecule has 90 valence electrons. The normalized spacial score (nSPS) is 11.4. The molecule has 0 N–H and O–H groups in total. The number of ether oxygens (including phenoxy) is 2. The molecule has 16 heavy (non-hydrogen) atoms. The summed E-state index contributed by atoms with van der Waals surface area (Å²) >= 11 is 5.75. The second-order valence-corrected chi connectivity index (χ2v) is 5.81. The van der Waals surface area contributed by atoms with Crippen LogP contribution in [0.15, 0.2) is 23.1 Å². The fourth-order valence-electron chi connectivity index (χ4n) is 1.01. The van der Waals surface area contributed by atoms with Crippen LogP contribution in [-0.2, 0) is 13.8 Å². The van der Waals surface area contributed by atoms with Gasteiger partial charge in [0.2, 0.25) is 0 Å². The van der Waals surface area contributed by atoms with Crippen molar-refractivity contribution in [2.24, 2.45) is 0 Å². The fraction of sp³-hybridized carbons (Fsp3) is 0.333. The molecule has 0 heterocycles. The fourth-order valence-corrected chi connectivity index (χ4v) is 2.53. The second kappa shape index (κ2) is 5.72. The number of hydrogen-bond acceptors (Lipinski definition) is 4. The van der Waals surface area contributed by atoms with Gasteiger partial charge in [-0.05, 0) is 12.1 Å². The van der Waals surface area contributed by atoms with Crippen molar-refractivity contribution in [3.05, 3.63) is 23.2 Å². The molecule has 0 saturated carbocycles. The monoisotopic (exact) mass is 284 g/mol. The number of hydrogen-bond donors (Lipinski definition) is 0. The minimum Gasteiger partial charge on any atom is -0.491 e. The molecular weight excluding hydrogens is 275 g/mol. The van der Waals surface area contributed by atoms with Gasteiger partial charge in [0.05, 0.1) is 11.6 Å². The lowest BCUT2D eigenvalue weighted by atomic mass is 10.3. The van der Waals surface area contributed by atoms with E-state index in [0.29, 0.717) is 19.0 Å². The average Bonchev–Trinajstić information content (AvgIpc) is 2.16. The molecule has 0 aliphatic carbocycles. The van der Waals surface area contributed by atoms with Gasteiger partial charge in [-0.3, -0.25) is 0 Å². The Bertz CT molecular complexity index is 459. The van der Waals surface area contributed by atoms with Gasteiger partial charge in [-0.2, -0.15) is 0 Å². The summed E-state index contributed by atoms with van der Waals surface area (Å²) in [5.74, 6) is 0.464. The van der Waals surface area contributed by atoms with Crippen LogP contribution in [0.4, 0.5) is 0 Å². The first-order chi connectivity index (χ1) is 7.45. The van der Waals surface area contributed by atoms with Gasteiger partial charge in [-0.15, -0.1) is 0 Å². The van der Waals surface area contributed by atoms with E-state index in [2.05, 4.69) is 0 Å². The van der Waals surface area contributed by atoms with E-state index in [-0.39, 0.29) is 9.92 Å². The van der Waals surface area contributed by atoms with Gasteiger partial charge in [0.25, 0.3) is 9.05 Å². The summed E-state index contributed by atoms with van der Waals surface area (Å²) in [5, 5.41) is 0.0323. The zero-order valence-corrected chi connectivity index (χ0v) is 10.8. The SMILES string of the molecule is COCCOc1ccc(S(=O)(=O)Cl)c(Cl)c1. The van der Waals surface area contributed by atoms with Crippen LogP contribution in [0.1, 0.15) is 0 Å². The van der Waals surface area contributed by atoms with E-state index in [1.165, 1.54) is 18.2 Å². The maximum Gasteiger partial charge on any atom is 0.262 e. The predicted octanol–water partition coefficient (Wildman–Crippen LogP) is 2.29. The molecule has 0 aliphatic rings. The van der Waals surface area contributed by atoms with Gasteiger partial charge in [0.15, 0.2) is 0 Å². The zero-order chi connectivity index (χ0) is 12.2. The van der Waals surface area contributed by atoms with Gasteiger partial charge >= 0.3 is 0 Å². The van der Waals surface area contributed by atoms with Gasteiger partial charge < -0.3 is 9.47 Å². The van der Waals surface area contributed by atoms with Crippen LogP contribution in [0.5, 0.6) is 5.75 Å². The topological polar surface area (TPSA) is 52.6 Å². The lowest BCUT2D eigenvalue weighted by Gasteiger charge is -2.07. The second-order valence-electron chi connectivity index (χ2n) is 2.87. The lowest BCUT2D eigenvalue weighted by Crippen LogP contribution is -2.04. The summed E-state index contributed by atoms with van der Waals surface area (Å²) in [6.45, 7) is 0.799. The van der Waals surface area contributed by atoms with E-state index in [4.69, 9.17) is 31.8 Å². The highest BCUT2D eigenvalue weighted by Crippen LogP contribution is 2.28. The molecule has 0 saturated heterocycles. The Balaban J connectivity index is 2.83. The molecule has 0 radical (unpaired) electrons. The molecule has 0 bridgehead atoms. The van der Waals surface area contributed by atoms with Crippen molar-refractivity contribution >= 4 is 31.3 Å². The minimum atomic E-state index is -3.82. The summed E-state index contributed by atoms with van der Waals surface area (Å²) in [5.41, 5.74) is 0. The van der Waals surface area contributed by atoms with Crippen LogP contribution in [0.25, 0.3) is 0 Å². The largest absolute Gasteiger partial charge is 0.491 e. The molecule has 0 unspecified atom stereocenters. The highest BCUT2D eigenvalue weighted by Gasteiger charge is 2.15. The molecule has 0 aromatic heterocycles. The molecule has 0 amide bonds. The van der Waals surface area contributed by atoms with E-state index >= 15 is 0 Å². The first-order valence-electron chi connectivity index (χ1n) is 4.31. The lowest BCUT2D eigenvalue weighted by molar-refractivity contribution is 0.146. The molecular formula is C9H10Cl2O4S. The summed E-state index contributed by atoms with van der Waals surface area (Å²) in [6, 6.07) is 4.18. The summed E-state index contributed by atoms with van der Waals surface area (Å²) in [7, 11) is 2.91. The number of benzene rings is 1. The standard InChI is InChI=1S/C9H10Cl2O4S/c1-14-4-5-15-7-2-3-9(8(10)6-7)16(11,12)13/h2-3,6H,4-5H2,1H3. The molecule has 1 aromatic rings. The molecule has 4 nitrogen and oxygen atoms in total. The first kappa shape index (κ1) is 13.6. The molecule has 0 fully saturated rings. The van der Waals surface area contributed by atoms with Gasteiger partial charge in [0, 0.05) is 23.9 Å². The Hall–Kier alpha value is -0.490. The smallest absolute Gasteiger partial charge is 0.262 e. The number of rotatable bonds is 5. The maximum absolute atomic E-state index is 11.0. The third-order valence-corrected chi connectivity index (χ3v) is 3.53. The molecule has 0 atom stereocenters. The van der Waals surface area contributed by atoms with E-state index < -0.39 is 9.05 Å². The Morgan fingerprint density at radius 1 is 1.31 bits per heavy atom. The van der Waals surface area contributed by atoms with Crippen LogP contribution in [0.2, 0.25) is 5.02 Å². The zero-order valence-electron chi connectivity index (χ0n) is 8.44. The van der Waals surface area contributed by atoms with Gasteiger partial charge in [-0.25, -0.2) is 8.42 Å². The number of methoxy groups -OCH3 is 1. The van der Waals surface area contributed by atoms with Crippen molar-refractivity contribution in [3.8, 4) is 5.75 Å². The summed E-state index contributed by atoms with van der Waals surface area (Å²) in [4.78, 5) is -0.130. The Labute approximate surface area is 103 Å². The highest BCUT2D eigenvalue weighted by molar-refractivity contribution is 8.13. The number of halogens is 2. The van der Waals surface area contributed by atoms with Crippen molar-refractivity contribution in [2.45, 2.75) is 4.90 Å². The minimum absolute atomic E-state index is 0.0323. The summed E-state index contributed by atoms with van der Waals surface area (Å²) < 4.78 is 32.1. The molecule has 1 aromatic carbocycles. The van der Waals surface area contributed by atoms with Gasteiger partial charge in [-0.1, -0.05) is 11.6 Å². The first-order valence-corrected chi connectivity index (χ1v) is 7.00. The van der Waals surface area contributed by atoms with Crippen LogP contribution in [-0.4, -0.2) is 28.7 Å². The Morgan fingerprint density at radius 2 is 2.00 bits per heavy atom. The van der Waals surface area contributed by atoms with Crippen molar-refractivity contribution in [1.82, 2.24) is 0 Å². The molecule has 1 rings (SSSR count). The van der Waals surface area contributed by atoms with Crippen LogP contribution in [0.3, 0.4) is 0 Å². The highest BCUT2D eigenvalue weighted by atomic mass is 35.7. The van der Waals surface area contributed by atoms with Crippen molar-refractivity contribution < 1.29 is 17.9 Å². The van der Waals surface area contributed by atoms with E-state index in [1.54, 1.807) is 7.11 Å². The maximum atomic E-state index is 11.0. The quantitative estimate of drug-likeness (QED) is 0.615. The van der Waals surface area contributed by atoms with Crippen molar-refractivity contribution in [2.75, 3.05) is 20.3 Å². The molecule has 0 aliphatic heterocycles. The van der Waals surface area contributed by atoms with Crippen molar-refractivity contribution in [1.29, 1.82) is 0 Å². The van der Waals surface area contributed by atoms with Crippen LogP contribution >= 0.6 is 22.3 Å². The molecule has 0 spiro atoms. The van der Waals surface area contributed by atoms with Crippen molar-refractivity contribution in [3.63, 3.8) is 0 Å². The van der Waals surface area contributed by atoms with Gasteiger partial charge in [0.1, 0.15) is 17.3 Å². The third-order valence-electron chi connectivity index (χ3n) is 1.72. The van der Waals surface area contributed by atoms with E-state index in [1.807, 2.05) is 0 Å². The Morgan fingerprint density at radius 3 is 2.50 bits per heavy atom. The van der Waals surface area contributed by atoms with E-state index in [0.717, 1.165) is 0 Å². The predicted molar refractivity (Wildman–Crippen MR) is 61.9 cm³/mol. The average molecular weight is 285 g/mol. The molecule has 7 heteroatoms.